The van der Waals surface area contributed by atoms with Crippen LogP contribution in [0.2, 0.25) is 5.02 Å². The average Bonchev–Trinajstić information content (AvgIpc) is 3.28. The second kappa shape index (κ2) is 9.46. The Morgan fingerprint density at radius 1 is 1.10 bits per heavy atom. The number of aryl methyl sites for hydroxylation is 1. The van der Waals surface area contributed by atoms with Gasteiger partial charge in [0.05, 0.1) is 11.2 Å². The molecule has 2 N–H and O–H groups in total. The van der Waals surface area contributed by atoms with E-state index in [1.165, 1.54) is 31.2 Å². The van der Waals surface area contributed by atoms with Gasteiger partial charge >= 0.3 is 0 Å². The predicted octanol–water partition coefficient (Wildman–Crippen LogP) is 7.15. The van der Waals surface area contributed by atoms with E-state index < -0.39 is 0 Å². The van der Waals surface area contributed by atoms with Gasteiger partial charge in [-0.3, -0.25) is 9.88 Å². The first-order chi connectivity index (χ1) is 15.0. The molecule has 0 atom stereocenters. The van der Waals surface area contributed by atoms with Gasteiger partial charge in [-0.15, -0.1) is 0 Å². The zero-order valence-electron chi connectivity index (χ0n) is 18.7. The van der Waals surface area contributed by atoms with E-state index in [9.17, 15) is 5.11 Å². The van der Waals surface area contributed by atoms with Crippen LogP contribution in [0, 0.1) is 6.92 Å². The van der Waals surface area contributed by atoms with Crippen molar-refractivity contribution in [2.75, 3.05) is 18.4 Å². The maximum absolute atomic E-state index is 10.4. The fourth-order valence-corrected chi connectivity index (χ4v) is 5.01. The smallest absolute Gasteiger partial charge is 0.120 e. The molecular formula is C26H32ClN3O. The highest BCUT2D eigenvalue weighted by atomic mass is 35.5. The molecule has 4 nitrogen and oxygen atoms in total. The summed E-state index contributed by atoms with van der Waals surface area (Å²) in [6, 6.07) is 11.8. The fraction of sp³-hybridized carbons (Fsp3) is 0.423. The minimum absolute atomic E-state index is 0.344. The Hall–Kier alpha value is -2.30. The normalized spacial score (nSPS) is 14.6. The van der Waals surface area contributed by atoms with E-state index >= 15 is 0 Å². The molecular weight excluding hydrogens is 406 g/mol. The van der Waals surface area contributed by atoms with Crippen LogP contribution in [-0.2, 0) is 6.54 Å². The first-order valence-electron chi connectivity index (χ1n) is 11.4. The van der Waals surface area contributed by atoms with Crippen molar-refractivity contribution in [1.29, 1.82) is 0 Å². The van der Waals surface area contributed by atoms with Gasteiger partial charge in [0.15, 0.2) is 0 Å². The van der Waals surface area contributed by atoms with Gasteiger partial charge in [0, 0.05) is 39.5 Å². The van der Waals surface area contributed by atoms with E-state index in [1.54, 1.807) is 6.07 Å². The molecule has 0 unspecified atom stereocenters. The number of phenols is 1. The minimum atomic E-state index is 0.344. The third kappa shape index (κ3) is 4.65. The zero-order valence-corrected chi connectivity index (χ0v) is 19.5. The molecule has 5 heteroatoms. The van der Waals surface area contributed by atoms with Crippen LogP contribution < -0.4 is 5.32 Å². The molecule has 0 aliphatic heterocycles. The number of anilines is 2. The van der Waals surface area contributed by atoms with Crippen molar-refractivity contribution in [2.24, 2.45) is 0 Å². The summed E-state index contributed by atoms with van der Waals surface area (Å²) in [5, 5.41) is 15.9. The van der Waals surface area contributed by atoms with Crippen molar-refractivity contribution in [3.63, 3.8) is 0 Å². The highest BCUT2D eigenvalue weighted by Crippen LogP contribution is 2.43. The summed E-state index contributed by atoms with van der Waals surface area (Å²) in [7, 11) is 0. The number of pyridine rings is 1. The zero-order chi connectivity index (χ0) is 22.0. The summed E-state index contributed by atoms with van der Waals surface area (Å²) in [5.41, 5.74) is 6.37. The van der Waals surface area contributed by atoms with Crippen LogP contribution in [0.3, 0.4) is 0 Å². The SMILES string of the molecule is CCN(CC)Cc1cc(Nc2c(C3CCCC3)c(C)nc3cc(Cl)ccc23)ccc1O. The molecule has 1 fully saturated rings. The number of benzene rings is 2. The van der Waals surface area contributed by atoms with E-state index in [4.69, 9.17) is 16.6 Å². The van der Waals surface area contributed by atoms with E-state index in [-0.39, 0.29) is 0 Å². The number of hydrogen-bond donors (Lipinski definition) is 2. The summed E-state index contributed by atoms with van der Waals surface area (Å²) in [4.78, 5) is 7.21. The summed E-state index contributed by atoms with van der Waals surface area (Å²) in [6.07, 6.45) is 4.96. The topological polar surface area (TPSA) is 48.4 Å². The van der Waals surface area contributed by atoms with Crippen molar-refractivity contribution < 1.29 is 5.11 Å². The van der Waals surface area contributed by atoms with Gasteiger partial charge in [-0.25, -0.2) is 0 Å². The summed E-state index contributed by atoms with van der Waals surface area (Å²) < 4.78 is 0. The third-order valence-electron chi connectivity index (χ3n) is 6.58. The van der Waals surface area contributed by atoms with Gasteiger partial charge in [-0.2, -0.15) is 0 Å². The molecule has 1 aliphatic rings. The van der Waals surface area contributed by atoms with Crippen LogP contribution in [-0.4, -0.2) is 28.1 Å². The number of aromatic hydroxyl groups is 1. The van der Waals surface area contributed by atoms with Crippen LogP contribution in [0.1, 0.15) is 62.3 Å². The Kier molecular flexibility index (Phi) is 6.68. The molecule has 0 spiro atoms. The van der Waals surface area contributed by atoms with Crippen molar-refractivity contribution in [2.45, 2.75) is 58.9 Å². The first-order valence-corrected chi connectivity index (χ1v) is 11.8. The van der Waals surface area contributed by atoms with Gasteiger partial charge in [-0.1, -0.05) is 38.3 Å². The van der Waals surface area contributed by atoms with Gasteiger partial charge in [0.1, 0.15) is 5.75 Å². The molecule has 3 aromatic rings. The fourth-order valence-electron chi connectivity index (χ4n) is 4.85. The minimum Gasteiger partial charge on any atom is -0.508 e. The molecule has 0 bridgehead atoms. The molecule has 1 aliphatic carbocycles. The monoisotopic (exact) mass is 437 g/mol. The molecule has 164 valence electrons. The average molecular weight is 438 g/mol. The Morgan fingerprint density at radius 3 is 2.55 bits per heavy atom. The highest BCUT2D eigenvalue weighted by molar-refractivity contribution is 6.31. The molecule has 1 saturated carbocycles. The second-order valence-corrected chi connectivity index (χ2v) is 9.00. The summed E-state index contributed by atoms with van der Waals surface area (Å²) in [6.45, 7) is 9.04. The number of aromatic nitrogens is 1. The largest absolute Gasteiger partial charge is 0.508 e. The van der Waals surface area contributed by atoms with Crippen molar-refractivity contribution >= 4 is 33.9 Å². The molecule has 4 rings (SSSR count). The lowest BCUT2D eigenvalue weighted by Gasteiger charge is -2.23. The van der Waals surface area contributed by atoms with E-state index in [0.29, 0.717) is 16.7 Å². The van der Waals surface area contributed by atoms with E-state index in [2.05, 4.69) is 43.1 Å². The van der Waals surface area contributed by atoms with Crippen molar-refractivity contribution in [1.82, 2.24) is 9.88 Å². The lowest BCUT2D eigenvalue weighted by Crippen LogP contribution is -2.22. The van der Waals surface area contributed by atoms with Gasteiger partial charge in [0.2, 0.25) is 0 Å². The maximum atomic E-state index is 10.4. The quantitative estimate of drug-likeness (QED) is 0.385. The van der Waals surface area contributed by atoms with Crippen LogP contribution in [0.15, 0.2) is 36.4 Å². The summed E-state index contributed by atoms with van der Waals surface area (Å²) >= 11 is 6.27. The number of fused-ring (bicyclic) bond motifs is 1. The van der Waals surface area contributed by atoms with Crippen LogP contribution in [0.25, 0.3) is 10.9 Å². The number of hydrogen-bond acceptors (Lipinski definition) is 4. The van der Waals surface area contributed by atoms with E-state index in [0.717, 1.165) is 53.2 Å². The number of rotatable bonds is 7. The van der Waals surface area contributed by atoms with Gasteiger partial charge < -0.3 is 10.4 Å². The Bertz CT molecular complexity index is 1070. The van der Waals surface area contributed by atoms with Crippen molar-refractivity contribution in [3.8, 4) is 5.75 Å². The van der Waals surface area contributed by atoms with Crippen LogP contribution >= 0.6 is 11.6 Å². The Labute approximate surface area is 190 Å². The second-order valence-electron chi connectivity index (χ2n) is 8.56. The molecule has 0 radical (unpaired) electrons. The molecule has 0 saturated heterocycles. The van der Waals surface area contributed by atoms with Crippen molar-refractivity contribution in [3.05, 3.63) is 58.2 Å². The third-order valence-corrected chi connectivity index (χ3v) is 6.81. The van der Waals surface area contributed by atoms with Gasteiger partial charge in [0.25, 0.3) is 0 Å². The first kappa shape index (κ1) is 21.9. The summed E-state index contributed by atoms with van der Waals surface area (Å²) in [5.74, 6) is 0.873. The van der Waals surface area contributed by atoms with Crippen LogP contribution in [0.5, 0.6) is 5.75 Å². The maximum Gasteiger partial charge on any atom is 0.120 e. The van der Waals surface area contributed by atoms with E-state index in [1.807, 2.05) is 18.2 Å². The Morgan fingerprint density at radius 2 is 1.84 bits per heavy atom. The Balaban J connectivity index is 1.79. The predicted molar refractivity (Wildman–Crippen MR) is 131 cm³/mol. The number of phenolic OH excluding ortho intramolecular Hbond substituents is 1. The molecule has 0 amide bonds. The molecule has 1 aromatic heterocycles. The molecule has 31 heavy (non-hydrogen) atoms. The number of halogens is 1. The van der Waals surface area contributed by atoms with Gasteiger partial charge in [-0.05, 0) is 75.2 Å². The molecule has 2 aromatic carbocycles. The number of nitrogens with one attached hydrogen (secondary N) is 1. The standard InChI is InChI=1S/C26H32ClN3O/c1-4-30(5-2)16-19-14-21(11-13-24(19)31)29-26-22-12-10-20(27)15-23(22)28-17(3)25(26)18-8-6-7-9-18/h10-15,18,31H,4-9,16H2,1-3H3,(H,28,29). The lowest BCUT2D eigenvalue weighted by atomic mass is 9.92. The molecule has 1 heterocycles. The van der Waals surface area contributed by atoms with Crippen LogP contribution in [0.4, 0.5) is 11.4 Å². The number of nitrogens with zero attached hydrogens (tertiary/aromatic N) is 2. The highest BCUT2D eigenvalue weighted by Gasteiger charge is 2.24. The lowest BCUT2D eigenvalue weighted by molar-refractivity contribution is 0.291.